The molecule has 124 valence electrons. The van der Waals surface area contributed by atoms with Crippen molar-refractivity contribution in [2.24, 2.45) is 0 Å². The quantitative estimate of drug-likeness (QED) is 0.872. The maximum atomic E-state index is 12.1. The van der Waals surface area contributed by atoms with E-state index in [0.717, 1.165) is 5.56 Å². The van der Waals surface area contributed by atoms with Crippen LogP contribution in [0.2, 0.25) is 5.02 Å². The summed E-state index contributed by atoms with van der Waals surface area (Å²) in [7, 11) is 1.46. The van der Waals surface area contributed by atoms with Gasteiger partial charge in [-0.05, 0) is 23.3 Å². The predicted molar refractivity (Wildman–Crippen MR) is 87.3 cm³/mol. The highest BCUT2D eigenvalue weighted by Crippen LogP contribution is 2.47. The van der Waals surface area contributed by atoms with E-state index in [4.69, 9.17) is 25.8 Å². The topological polar surface area (TPSA) is 77.0 Å². The molecule has 0 bridgehead atoms. The number of amides is 1. The molecule has 2 heterocycles. The van der Waals surface area contributed by atoms with E-state index in [1.165, 1.54) is 13.2 Å². The fraction of sp³-hybridized carbons (Fsp3) is 0.235. The molecule has 0 aromatic heterocycles. The molecule has 2 N–H and O–H groups in total. The zero-order valence-corrected chi connectivity index (χ0v) is 13.5. The van der Waals surface area contributed by atoms with Crippen LogP contribution in [0.3, 0.4) is 0 Å². The second-order valence-corrected chi connectivity index (χ2v) is 6.05. The lowest BCUT2D eigenvalue weighted by atomic mass is 9.84. The molecule has 0 fully saturated rings. The van der Waals surface area contributed by atoms with Crippen molar-refractivity contribution in [3.63, 3.8) is 0 Å². The van der Waals surface area contributed by atoms with Gasteiger partial charge in [-0.2, -0.15) is 0 Å². The van der Waals surface area contributed by atoms with Gasteiger partial charge in [-0.15, -0.1) is 0 Å². The molecule has 1 amide bonds. The van der Waals surface area contributed by atoms with Gasteiger partial charge in [0, 0.05) is 35.2 Å². The number of ether oxygens (including phenoxy) is 3. The van der Waals surface area contributed by atoms with Gasteiger partial charge < -0.3 is 24.6 Å². The van der Waals surface area contributed by atoms with Crippen LogP contribution in [0.15, 0.2) is 24.3 Å². The average Bonchev–Trinajstić information content (AvgIpc) is 2.99. The van der Waals surface area contributed by atoms with Crippen LogP contribution >= 0.6 is 11.6 Å². The summed E-state index contributed by atoms with van der Waals surface area (Å²) in [5, 5.41) is 13.1. The Kier molecular flexibility index (Phi) is 3.42. The second kappa shape index (κ2) is 5.49. The van der Waals surface area contributed by atoms with Gasteiger partial charge in [-0.25, -0.2) is 0 Å². The molecule has 2 aliphatic heterocycles. The Morgan fingerprint density at radius 2 is 1.96 bits per heavy atom. The predicted octanol–water partition coefficient (Wildman–Crippen LogP) is 3.26. The number of carbonyl (C=O) groups excluding carboxylic acids is 1. The van der Waals surface area contributed by atoms with E-state index in [1.54, 1.807) is 12.1 Å². The zero-order chi connectivity index (χ0) is 16.8. The van der Waals surface area contributed by atoms with Crippen LogP contribution < -0.4 is 19.5 Å². The van der Waals surface area contributed by atoms with E-state index in [1.807, 2.05) is 6.07 Å². The first-order valence-corrected chi connectivity index (χ1v) is 7.74. The number of rotatable bonds is 2. The molecule has 1 atom stereocenters. The number of methoxy groups -OCH3 is 1. The summed E-state index contributed by atoms with van der Waals surface area (Å²) in [5.74, 6) is 1.11. The zero-order valence-electron chi connectivity index (χ0n) is 12.8. The van der Waals surface area contributed by atoms with E-state index in [-0.39, 0.29) is 30.8 Å². The van der Waals surface area contributed by atoms with Gasteiger partial charge in [0.25, 0.3) is 0 Å². The summed E-state index contributed by atoms with van der Waals surface area (Å²) < 4.78 is 16.0. The summed E-state index contributed by atoms with van der Waals surface area (Å²) >= 11 is 6.32. The van der Waals surface area contributed by atoms with Gasteiger partial charge in [-0.1, -0.05) is 11.6 Å². The minimum absolute atomic E-state index is 0.0441. The van der Waals surface area contributed by atoms with Crippen LogP contribution in [0.25, 0.3) is 0 Å². The standard InChI is InChI=1S/C17H14ClNO5/c1-22-14-2-9(11(18)5-13(14)20)8-4-17(21)19-12-6-16-15(3-10(8)12)23-7-24-16/h2-3,5-6,8,20H,4,7H2,1H3,(H,19,21). The fourth-order valence-corrected chi connectivity index (χ4v) is 3.41. The number of anilines is 1. The smallest absolute Gasteiger partial charge is 0.231 e. The average molecular weight is 348 g/mol. The molecule has 1 unspecified atom stereocenters. The molecular weight excluding hydrogens is 334 g/mol. The van der Waals surface area contributed by atoms with Crippen LogP contribution in [-0.2, 0) is 4.79 Å². The lowest BCUT2D eigenvalue weighted by Crippen LogP contribution is -2.23. The molecule has 0 saturated heterocycles. The number of benzene rings is 2. The third kappa shape index (κ3) is 2.30. The molecule has 0 spiro atoms. The molecule has 2 aromatic carbocycles. The van der Waals surface area contributed by atoms with Crippen molar-refractivity contribution in [1.29, 1.82) is 0 Å². The van der Waals surface area contributed by atoms with Crippen LogP contribution in [0, 0.1) is 0 Å². The Hall–Kier alpha value is -2.60. The third-order valence-corrected chi connectivity index (χ3v) is 4.58. The van der Waals surface area contributed by atoms with Crippen LogP contribution in [-0.4, -0.2) is 24.9 Å². The summed E-state index contributed by atoms with van der Waals surface area (Å²) in [6.07, 6.45) is 0.236. The largest absolute Gasteiger partial charge is 0.504 e. The lowest BCUT2D eigenvalue weighted by Gasteiger charge is -2.27. The van der Waals surface area contributed by atoms with Gasteiger partial charge >= 0.3 is 0 Å². The van der Waals surface area contributed by atoms with Crippen LogP contribution in [0.1, 0.15) is 23.5 Å². The summed E-state index contributed by atoms with van der Waals surface area (Å²) in [6.45, 7) is 0.157. The van der Waals surface area contributed by atoms with Gasteiger partial charge in [0.15, 0.2) is 23.0 Å². The first-order valence-electron chi connectivity index (χ1n) is 7.36. The minimum Gasteiger partial charge on any atom is -0.504 e. The number of phenols is 1. The molecular formula is C17H14ClNO5. The normalized spacial score (nSPS) is 18.1. The minimum atomic E-state index is -0.273. The van der Waals surface area contributed by atoms with E-state index in [0.29, 0.717) is 33.5 Å². The fourth-order valence-electron chi connectivity index (χ4n) is 3.12. The van der Waals surface area contributed by atoms with Crippen molar-refractivity contribution >= 4 is 23.2 Å². The Morgan fingerprint density at radius 3 is 2.71 bits per heavy atom. The first kappa shape index (κ1) is 15.0. The SMILES string of the molecule is COc1cc(C2CC(=O)Nc3cc4c(cc32)OCO4)c(Cl)cc1O. The van der Waals surface area contributed by atoms with Gasteiger partial charge in [-0.3, -0.25) is 4.79 Å². The van der Waals surface area contributed by atoms with Crippen molar-refractivity contribution < 1.29 is 24.1 Å². The van der Waals surface area contributed by atoms with Crippen molar-refractivity contribution in [2.75, 3.05) is 19.2 Å². The second-order valence-electron chi connectivity index (χ2n) is 5.64. The number of nitrogens with one attached hydrogen (secondary N) is 1. The van der Waals surface area contributed by atoms with E-state index < -0.39 is 0 Å². The number of phenolic OH excluding ortho intramolecular Hbond substituents is 1. The Balaban J connectivity index is 1.87. The summed E-state index contributed by atoms with van der Waals surface area (Å²) in [5.41, 5.74) is 2.26. The highest BCUT2D eigenvalue weighted by atomic mass is 35.5. The van der Waals surface area contributed by atoms with Crippen molar-refractivity contribution in [2.45, 2.75) is 12.3 Å². The number of halogens is 1. The molecule has 2 aliphatic rings. The number of fused-ring (bicyclic) bond motifs is 2. The number of aromatic hydroxyl groups is 1. The number of hydrogen-bond donors (Lipinski definition) is 2. The van der Waals surface area contributed by atoms with E-state index >= 15 is 0 Å². The number of carbonyl (C=O) groups is 1. The van der Waals surface area contributed by atoms with Crippen molar-refractivity contribution in [1.82, 2.24) is 0 Å². The molecule has 24 heavy (non-hydrogen) atoms. The highest BCUT2D eigenvalue weighted by molar-refractivity contribution is 6.31. The third-order valence-electron chi connectivity index (χ3n) is 4.26. The van der Waals surface area contributed by atoms with Crippen molar-refractivity contribution in [3.05, 3.63) is 40.4 Å². The summed E-state index contributed by atoms with van der Waals surface area (Å²) in [4.78, 5) is 12.1. The van der Waals surface area contributed by atoms with Gasteiger partial charge in [0.05, 0.1) is 7.11 Å². The van der Waals surface area contributed by atoms with Crippen LogP contribution in [0.5, 0.6) is 23.0 Å². The maximum Gasteiger partial charge on any atom is 0.231 e. The Labute approximate surface area is 142 Å². The molecule has 4 rings (SSSR count). The Bertz CT molecular complexity index is 851. The van der Waals surface area contributed by atoms with Gasteiger partial charge in [0.2, 0.25) is 12.7 Å². The monoisotopic (exact) mass is 347 g/mol. The first-order chi connectivity index (χ1) is 11.6. The number of hydrogen-bond acceptors (Lipinski definition) is 5. The van der Waals surface area contributed by atoms with E-state index in [2.05, 4.69) is 5.32 Å². The molecule has 0 radical (unpaired) electrons. The molecule has 2 aromatic rings. The molecule has 0 saturated carbocycles. The molecule has 6 nitrogen and oxygen atoms in total. The van der Waals surface area contributed by atoms with Crippen molar-refractivity contribution in [3.8, 4) is 23.0 Å². The summed E-state index contributed by atoms with van der Waals surface area (Å²) in [6, 6.07) is 6.70. The maximum absolute atomic E-state index is 12.1. The Morgan fingerprint density at radius 1 is 1.21 bits per heavy atom. The molecule has 7 heteroatoms. The van der Waals surface area contributed by atoms with Crippen LogP contribution in [0.4, 0.5) is 5.69 Å². The van der Waals surface area contributed by atoms with E-state index in [9.17, 15) is 9.90 Å². The lowest BCUT2D eigenvalue weighted by molar-refractivity contribution is -0.116. The molecule has 0 aliphatic carbocycles. The van der Waals surface area contributed by atoms with Gasteiger partial charge in [0.1, 0.15) is 0 Å². The highest BCUT2D eigenvalue weighted by Gasteiger charge is 2.31.